The monoisotopic (exact) mass is 847 g/mol. The zero-order chi connectivity index (χ0) is 44.6. The molecule has 4 aliphatic heterocycles. The number of rotatable bonds is 9. The standard InChI is InChI=1S/C43H78N2O14/c1-18-31-42(11)36(58-43(12,51-17)59-42)27(6)45(15)22-23(2)20-40(9,49)35(57-39-33(47)30(44(13)14)19-24(3)52-39)25(4)34(26(5)38(48)55-31)56-32-21-41(10,50-16)37(28(7)53-32)54-29(8)46/h23-28,30-37,39,47,49H,18-22H2,1-17H3/t23-,24-,25+,26-,27-,28+,30+,31-,32+,33-,34+,35-,36-,37+,39+,40-,41-,42-,43?/m1/s1. The summed E-state index contributed by atoms with van der Waals surface area (Å²) in [4.78, 5) is 31.0. The molecule has 2 N–H and O–H groups in total. The lowest BCUT2D eigenvalue weighted by atomic mass is 9.77. The van der Waals surface area contributed by atoms with Crippen LogP contribution < -0.4 is 0 Å². The summed E-state index contributed by atoms with van der Waals surface area (Å²) in [6.45, 7) is 22.4. The topological polar surface area (TPSA) is 173 Å². The Morgan fingerprint density at radius 2 is 1.61 bits per heavy atom. The highest BCUT2D eigenvalue weighted by Crippen LogP contribution is 2.45. The smallest absolute Gasteiger partial charge is 0.311 e. The summed E-state index contributed by atoms with van der Waals surface area (Å²) in [5.41, 5.74) is -3.69. The maximum Gasteiger partial charge on any atom is 0.311 e. The van der Waals surface area contributed by atoms with Gasteiger partial charge in [-0.15, -0.1) is 0 Å². The highest BCUT2D eigenvalue weighted by atomic mass is 16.9. The molecule has 0 amide bonds. The van der Waals surface area contributed by atoms with Gasteiger partial charge in [-0.3, -0.25) is 9.59 Å². The van der Waals surface area contributed by atoms with Crippen molar-refractivity contribution in [3.63, 3.8) is 0 Å². The molecule has 4 rings (SSSR count). The third-order valence-electron chi connectivity index (χ3n) is 13.5. The molecule has 0 aromatic heterocycles. The van der Waals surface area contributed by atoms with Crippen molar-refractivity contribution in [1.29, 1.82) is 0 Å². The number of carbonyl (C=O) groups is 2. The minimum Gasteiger partial charge on any atom is -0.459 e. The molecule has 0 spiro atoms. The third kappa shape index (κ3) is 11.0. The van der Waals surface area contributed by atoms with E-state index in [1.807, 2.05) is 67.6 Å². The number of carbonyl (C=O) groups excluding carboxylic acids is 2. The molecule has 4 aliphatic rings. The number of ether oxygens (including phenoxy) is 10. The SMILES string of the molecule is CC[C@H]1OC(=O)[C@H](C)[C@@H](O[C@H]2C[C@@](C)(OC)[C@@H](OC(C)=O)[C@H](C)O2)[C@H](C)[C@@H](O[C@@H]2O[C@H](C)C[C@H](N(C)C)[C@H]2O)[C@](C)(O)C[C@@H](C)CN(C)[C@H](C)[C@H]2OC(C)(OC)O[C@@]21C. The molecule has 0 saturated carbocycles. The molecule has 19 atom stereocenters. The lowest BCUT2D eigenvalue weighted by Gasteiger charge is -2.49. The van der Waals surface area contributed by atoms with E-state index in [4.69, 9.17) is 47.4 Å². The maximum atomic E-state index is 14.7. The van der Waals surface area contributed by atoms with E-state index in [0.29, 0.717) is 19.4 Å². The maximum absolute atomic E-state index is 14.7. The van der Waals surface area contributed by atoms with Crippen molar-refractivity contribution in [2.45, 2.75) is 205 Å². The molecule has 0 aromatic carbocycles. The van der Waals surface area contributed by atoms with E-state index in [0.717, 1.165) is 0 Å². The van der Waals surface area contributed by atoms with Gasteiger partial charge in [0.1, 0.15) is 29.5 Å². The van der Waals surface area contributed by atoms with Crippen molar-refractivity contribution in [3.8, 4) is 0 Å². The third-order valence-corrected chi connectivity index (χ3v) is 13.5. The van der Waals surface area contributed by atoms with Gasteiger partial charge in [0, 0.05) is 59.0 Å². The molecule has 16 nitrogen and oxygen atoms in total. The molecule has 1 unspecified atom stereocenters. The van der Waals surface area contributed by atoms with Gasteiger partial charge in [-0.2, -0.15) is 0 Å². The molecule has 4 fully saturated rings. The molecule has 16 heteroatoms. The van der Waals surface area contributed by atoms with E-state index in [9.17, 15) is 19.8 Å². The number of hydrogen-bond acceptors (Lipinski definition) is 16. The van der Waals surface area contributed by atoms with E-state index in [1.54, 1.807) is 34.8 Å². The minimum atomic E-state index is -1.55. The number of hydrogen-bond donors (Lipinski definition) is 2. The molecular formula is C43H78N2O14. The van der Waals surface area contributed by atoms with Crippen molar-refractivity contribution in [1.82, 2.24) is 9.80 Å². The van der Waals surface area contributed by atoms with Crippen LogP contribution in [0, 0.1) is 17.8 Å². The Hall–Kier alpha value is -1.54. The fourth-order valence-electron chi connectivity index (χ4n) is 10.2. The van der Waals surface area contributed by atoms with Gasteiger partial charge in [0.15, 0.2) is 18.7 Å². The van der Waals surface area contributed by atoms with Crippen LogP contribution in [-0.2, 0) is 57.0 Å². The first-order valence-corrected chi connectivity index (χ1v) is 21.5. The first-order chi connectivity index (χ1) is 27.3. The predicted octanol–water partition coefficient (Wildman–Crippen LogP) is 3.85. The Bertz CT molecular complexity index is 1410. The van der Waals surface area contributed by atoms with Crippen LogP contribution in [0.5, 0.6) is 0 Å². The number of likely N-dealkylation sites (N-methyl/N-ethyl adjacent to an activating group) is 2. The fourth-order valence-corrected chi connectivity index (χ4v) is 10.2. The van der Waals surface area contributed by atoms with Crippen molar-refractivity contribution >= 4 is 11.9 Å². The lowest BCUT2D eigenvalue weighted by Crippen LogP contribution is -2.61. The van der Waals surface area contributed by atoms with Crippen LogP contribution in [0.1, 0.15) is 109 Å². The van der Waals surface area contributed by atoms with Gasteiger partial charge < -0.3 is 67.4 Å². The van der Waals surface area contributed by atoms with Gasteiger partial charge in [0.05, 0.1) is 35.9 Å². The molecule has 0 aromatic rings. The summed E-state index contributed by atoms with van der Waals surface area (Å²) in [5.74, 6) is -4.23. The average molecular weight is 847 g/mol. The number of fused-ring (bicyclic) bond motifs is 1. The largest absolute Gasteiger partial charge is 0.459 e. The van der Waals surface area contributed by atoms with Crippen molar-refractivity contribution in [2.24, 2.45) is 17.8 Å². The summed E-state index contributed by atoms with van der Waals surface area (Å²) in [6.07, 6.45) is -6.73. The zero-order valence-corrected chi connectivity index (χ0v) is 38.9. The summed E-state index contributed by atoms with van der Waals surface area (Å²) >= 11 is 0. The molecule has 0 aliphatic carbocycles. The Balaban J connectivity index is 1.85. The van der Waals surface area contributed by atoms with Gasteiger partial charge >= 0.3 is 11.9 Å². The second-order valence-corrected chi connectivity index (χ2v) is 19.0. The van der Waals surface area contributed by atoms with E-state index < -0.39 is 102 Å². The van der Waals surface area contributed by atoms with Crippen LogP contribution in [0.15, 0.2) is 0 Å². The molecule has 0 radical (unpaired) electrons. The highest BCUT2D eigenvalue weighted by Gasteiger charge is 2.61. The Morgan fingerprint density at radius 3 is 2.17 bits per heavy atom. The number of nitrogens with zero attached hydrogens (tertiary/aromatic N) is 2. The summed E-state index contributed by atoms with van der Waals surface area (Å²) in [6, 6.07) is -0.514. The predicted molar refractivity (Wildman–Crippen MR) is 217 cm³/mol. The zero-order valence-electron chi connectivity index (χ0n) is 38.9. The van der Waals surface area contributed by atoms with Gasteiger partial charge in [0.2, 0.25) is 0 Å². The number of cyclic esters (lactones) is 1. The van der Waals surface area contributed by atoms with Crippen LogP contribution in [-0.4, -0.2) is 170 Å². The summed E-state index contributed by atoms with van der Waals surface area (Å²) < 4.78 is 63.4. The van der Waals surface area contributed by atoms with Gasteiger partial charge in [-0.25, -0.2) is 0 Å². The quantitative estimate of drug-likeness (QED) is 0.320. The molecular weight excluding hydrogens is 768 g/mol. The van der Waals surface area contributed by atoms with Gasteiger partial charge in [-0.1, -0.05) is 20.8 Å². The van der Waals surface area contributed by atoms with E-state index >= 15 is 0 Å². The van der Waals surface area contributed by atoms with E-state index in [1.165, 1.54) is 14.0 Å². The first kappa shape index (κ1) is 50.1. The van der Waals surface area contributed by atoms with Crippen LogP contribution >= 0.6 is 0 Å². The average Bonchev–Trinajstić information content (AvgIpc) is 3.43. The van der Waals surface area contributed by atoms with E-state index in [-0.39, 0.29) is 36.9 Å². The van der Waals surface area contributed by atoms with Gasteiger partial charge in [-0.05, 0) is 94.8 Å². The Morgan fingerprint density at radius 1 is 0.966 bits per heavy atom. The molecule has 344 valence electrons. The number of aliphatic hydroxyl groups excluding tert-OH is 1. The second-order valence-electron chi connectivity index (χ2n) is 19.0. The molecule has 4 saturated heterocycles. The van der Waals surface area contributed by atoms with Crippen molar-refractivity contribution in [3.05, 3.63) is 0 Å². The van der Waals surface area contributed by atoms with Crippen LogP contribution in [0.25, 0.3) is 0 Å². The van der Waals surface area contributed by atoms with E-state index in [2.05, 4.69) is 11.8 Å². The lowest BCUT2D eigenvalue weighted by molar-refractivity contribution is -0.332. The van der Waals surface area contributed by atoms with Gasteiger partial charge in [0.25, 0.3) is 5.97 Å². The van der Waals surface area contributed by atoms with Crippen molar-refractivity contribution < 1.29 is 67.2 Å². The molecule has 4 heterocycles. The first-order valence-electron chi connectivity index (χ1n) is 21.5. The summed E-state index contributed by atoms with van der Waals surface area (Å²) in [5, 5.41) is 24.4. The Labute approximate surface area is 353 Å². The van der Waals surface area contributed by atoms with Crippen LogP contribution in [0.2, 0.25) is 0 Å². The normalized spacial score (nSPS) is 48.5. The molecule has 59 heavy (non-hydrogen) atoms. The number of esters is 2. The minimum absolute atomic E-state index is 0.0892. The van der Waals surface area contributed by atoms with Crippen LogP contribution in [0.3, 0.4) is 0 Å². The number of methoxy groups -OCH3 is 2. The molecule has 0 bridgehead atoms. The van der Waals surface area contributed by atoms with Crippen molar-refractivity contribution in [2.75, 3.05) is 41.9 Å². The highest BCUT2D eigenvalue weighted by molar-refractivity contribution is 5.73. The summed E-state index contributed by atoms with van der Waals surface area (Å²) in [7, 11) is 8.85. The second kappa shape index (κ2) is 19.5. The Kier molecular flexibility index (Phi) is 16.5. The van der Waals surface area contributed by atoms with Crippen LogP contribution in [0.4, 0.5) is 0 Å². The number of aliphatic hydroxyl groups is 2. The fraction of sp³-hybridized carbons (Fsp3) is 0.953.